The van der Waals surface area contributed by atoms with Crippen LogP contribution in [0.15, 0.2) is 42.6 Å². The molecule has 0 saturated heterocycles. The lowest BCUT2D eigenvalue weighted by atomic mass is 10.0. The van der Waals surface area contributed by atoms with Gasteiger partial charge in [0.2, 0.25) is 10.0 Å². The van der Waals surface area contributed by atoms with Crippen LogP contribution in [-0.2, 0) is 10.0 Å². The maximum absolute atomic E-state index is 11.3. The molecule has 0 aliphatic heterocycles. The second-order valence-corrected chi connectivity index (χ2v) is 9.05. The fourth-order valence-corrected chi connectivity index (χ4v) is 4.06. The number of nitrogens with zero attached hydrogens (tertiary/aromatic N) is 1. The van der Waals surface area contributed by atoms with Gasteiger partial charge in [0.1, 0.15) is 5.75 Å². The number of aromatic nitrogens is 1. The minimum absolute atomic E-state index is 0.155. The predicted octanol–water partition coefficient (Wildman–Crippen LogP) is 3.58. The molecule has 2 atom stereocenters. The maximum Gasteiger partial charge on any atom is 0.229 e. The average Bonchev–Trinajstić information content (AvgIpc) is 3.07. The molecular weight excluding hydrogens is 336 g/mol. The molecule has 2 aromatic rings. The van der Waals surface area contributed by atoms with Gasteiger partial charge in [-0.25, -0.2) is 8.42 Å². The zero-order valence-electron chi connectivity index (χ0n) is 15.0. The van der Waals surface area contributed by atoms with Gasteiger partial charge >= 0.3 is 0 Å². The lowest BCUT2D eigenvalue weighted by Crippen LogP contribution is -2.09. The molecule has 0 bridgehead atoms. The van der Waals surface area contributed by atoms with E-state index in [0.717, 1.165) is 17.7 Å². The van der Waals surface area contributed by atoms with Crippen molar-refractivity contribution >= 4 is 15.7 Å². The monoisotopic (exact) mass is 360 g/mol. The van der Waals surface area contributed by atoms with E-state index in [9.17, 15) is 8.42 Å². The molecule has 134 valence electrons. The van der Waals surface area contributed by atoms with Crippen molar-refractivity contribution in [1.29, 1.82) is 0 Å². The van der Waals surface area contributed by atoms with Crippen LogP contribution in [0, 0.1) is 18.3 Å². The Labute approximate surface area is 149 Å². The van der Waals surface area contributed by atoms with Crippen molar-refractivity contribution < 1.29 is 13.2 Å². The number of nitrogens with one attached hydrogen (secondary N) is 1. The molecule has 1 aliphatic carbocycles. The Morgan fingerprint density at radius 3 is 2.48 bits per heavy atom. The number of rotatable bonds is 6. The molecular formula is C19H24N2O3S. The van der Waals surface area contributed by atoms with Crippen LogP contribution in [0.25, 0.3) is 0 Å². The minimum Gasteiger partial charge on any atom is -0.491 e. The molecule has 1 aromatic carbocycles. The van der Waals surface area contributed by atoms with Gasteiger partial charge in [0.15, 0.2) is 0 Å². The van der Waals surface area contributed by atoms with Crippen LogP contribution in [0.5, 0.6) is 5.75 Å². The van der Waals surface area contributed by atoms with Gasteiger partial charge in [0.25, 0.3) is 0 Å². The molecule has 3 rings (SSSR count). The molecule has 25 heavy (non-hydrogen) atoms. The largest absolute Gasteiger partial charge is 0.491 e. The molecule has 0 amide bonds. The number of aryl methyl sites for hydroxylation is 1. The summed E-state index contributed by atoms with van der Waals surface area (Å²) in [5.41, 5.74) is 2.85. The van der Waals surface area contributed by atoms with Crippen LogP contribution in [0.3, 0.4) is 0 Å². The van der Waals surface area contributed by atoms with Crippen LogP contribution >= 0.6 is 0 Å². The van der Waals surface area contributed by atoms with Gasteiger partial charge in [-0.05, 0) is 48.1 Å². The molecule has 1 aromatic heterocycles. The zero-order chi connectivity index (χ0) is 18.2. The Morgan fingerprint density at radius 2 is 1.88 bits per heavy atom. The van der Waals surface area contributed by atoms with E-state index in [1.165, 1.54) is 5.56 Å². The molecule has 0 unspecified atom stereocenters. The first-order valence-electron chi connectivity index (χ1n) is 8.30. The van der Waals surface area contributed by atoms with E-state index < -0.39 is 10.0 Å². The summed E-state index contributed by atoms with van der Waals surface area (Å²) in [4.78, 5) is 4.25. The molecule has 1 N–H and O–H groups in total. The van der Waals surface area contributed by atoms with E-state index in [1.54, 1.807) is 6.20 Å². The van der Waals surface area contributed by atoms with Crippen LogP contribution < -0.4 is 9.46 Å². The third-order valence-electron chi connectivity index (χ3n) is 5.00. The summed E-state index contributed by atoms with van der Waals surface area (Å²) < 4.78 is 31.1. The van der Waals surface area contributed by atoms with Crippen molar-refractivity contribution in [3.8, 4) is 5.75 Å². The zero-order valence-corrected chi connectivity index (χ0v) is 15.8. The van der Waals surface area contributed by atoms with Gasteiger partial charge in [-0.15, -0.1) is 0 Å². The quantitative estimate of drug-likeness (QED) is 0.855. The van der Waals surface area contributed by atoms with E-state index in [1.807, 2.05) is 43.3 Å². The summed E-state index contributed by atoms with van der Waals surface area (Å²) in [6, 6.07) is 11.4. The summed E-state index contributed by atoms with van der Waals surface area (Å²) in [6.45, 7) is 7.07. The Hall–Kier alpha value is -2.08. The normalized spacial score (nSPS) is 21.6. The number of anilines is 1. The van der Waals surface area contributed by atoms with E-state index in [0.29, 0.717) is 24.1 Å². The fourth-order valence-electron chi connectivity index (χ4n) is 3.49. The van der Waals surface area contributed by atoms with Crippen LogP contribution in [-0.4, -0.2) is 26.3 Å². The molecule has 0 spiro atoms. The standard InChI is InChI=1S/C19H24N2O3S/c1-13-17(6-5-11-20-13)24-12-16-18(19(16,2)3)14-7-9-15(10-8-14)21-25(4,22)23/h5-11,16,18,21H,12H2,1-4H3/t16-,18-/m0/s1. The van der Waals surface area contributed by atoms with E-state index in [-0.39, 0.29) is 5.41 Å². The van der Waals surface area contributed by atoms with Crippen LogP contribution in [0.4, 0.5) is 5.69 Å². The van der Waals surface area contributed by atoms with Gasteiger partial charge in [0.05, 0.1) is 18.6 Å². The number of sulfonamides is 1. The van der Waals surface area contributed by atoms with Gasteiger partial charge in [-0.2, -0.15) is 0 Å². The number of hydrogen-bond donors (Lipinski definition) is 1. The molecule has 0 radical (unpaired) electrons. The molecule has 1 aliphatic rings. The first-order valence-corrected chi connectivity index (χ1v) is 10.2. The maximum atomic E-state index is 11.3. The molecule has 1 heterocycles. The van der Waals surface area contributed by atoms with Gasteiger partial charge in [0, 0.05) is 17.8 Å². The van der Waals surface area contributed by atoms with Gasteiger partial charge < -0.3 is 4.74 Å². The summed E-state index contributed by atoms with van der Waals surface area (Å²) in [6.07, 6.45) is 2.91. The summed E-state index contributed by atoms with van der Waals surface area (Å²) in [7, 11) is -3.25. The van der Waals surface area contributed by atoms with Crippen molar-refractivity contribution in [2.24, 2.45) is 11.3 Å². The van der Waals surface area contributed by atoms with Crippen molar-refractivity contribution in [2.75, 3.05) is 17.6 Å². The predicted molar refractivity (Wildman–Crippen MR) is 99.4 cm³/mol. The van der Waals surface area contributed by atoms with Crippen LogP contribution in [0.2, 0.25) is 0 Å². The fraction of sp³-hybridized carbons (Fsp3) is 0.421. The third-order valence-corrected chi connectivity index (χ3v) is 5.61. The Kier molecular flexibility index (Phi) is 4.49. The number of benzene rings is 1. The van der Waals surface area contributed by atoms with Crippen LogP contribution in [0.1, 0.15) is 31.0 Å². The van der Waals surface area contributed by atoms with Crippen molar-refractivity contribution in [1.82, 2.24) is 4.98 Å². The number of ether oxygens (including phenoxy) is 1. The van der Waals surface area contributed by atoms with E-state index in [2.05, 4.69) is 23.6 Å². The number of pyridine rings is 1. The topological polar surface area (TPSA) is 68.3 Å². The second-order valence-electron chi connectivity index (χ2n) is 7.30. The highest BCUT2D eigenvalue weighted by atomic mass is 32.2. The first kappa shape index (κ1) is 17.7. The third kappa shape index (κ3) is 3.95. The minimum atomic E-state index is -3.25. The first-order chi connectivity index (χ1) is 11.7. The molecule has 1 fully saturated rings. The smallest absolute Gasteiger partial charge is 0.229 e. The summed E-state index contributed by atoms with van der Waals surface area (Å²) in [5.74, 6) is 1.65. The summed E-state index contributed by atoms with van der Waals surface area (Å²) >= 11 is 0. The highest BCUT2D eigenvalue weighted by molar-refractivity contribution is 7.92. The summed E-state index contributed by atoms with van der Waals surface area (Å²) in [5, 5.41) is 0. The van der Waals surface area contributed by atoms with Gasteiger partial charge in [-0.3, -0.25) is 9.71 Å². The lowest BCUT2D eigenvalue weighted by molar-refractivity contribution is 0.276. The van der Waals surface area contributed by atoms with E-state index >= 15 is 0 Å². The van der Waals surface area contributed by atoms with Crippen molar-refractivity contribution in [3.63, 3.8) is 0 Å². The SMILES string of the molecule is Cc1ncccc1OC[C@H]1[C@H](c2ccc(NS(C)(=O)=O)cc2)C1(C)C. The number of hydrogen-bond acceptors (Lipinski definition) is 4. The van der Waals surface area contributed by atoms with Gasteiger partial charge in [-0.1, -0.05) is 26.0 Å². The second kappa shape index (κ2) is 6.33. The average molecular weight is 360 g/mol. The molecule has 6 heteroatoms. The molecule has 5 nitrogen and oxygen atoms in total. The lowest BCUT2D eigenvalue weighted by Gasteiger charge is -2.08. The highest BCUT2D eigenvalue weighted by Gasteiger charge is 2.58. The Balaban J connectivity index is 1.67. The van der Waals surface area contributed by atoms with E-state index in [4.69, 9.17) is 4.74 Å². The molecule has 1 saturated carbocycles. The van der Waals surface area contributed by atoms with Crippen molar-refractivity contribution in [3.05, 3.63) is 53.9 Å². The Morgan fingerprint density at radius 1 is 1.20 bits per heavy atom. The highest BCUT2D eigenvalue weighted by Crippen LogP contribution is 2.64. The Bertz CT molecular complexity index is 860. The van der Waals surface area contributed by atoms with Crippen molar-refractivity contribution in [2.45, 2.75) is 26.7 Å².